The van der Waals surface area contributed by atoms with Gasteiger partial charge < -0.3 is 14.7 Å². The summed E-state index contributed by atoms with van der Waals surface area (Å²) < 4.78 is 5.35. The molecule has 6 heteroatoms. The van der Waals surface area contributed by atoms with Gasteiger partial charge in [0.1, 0.15) is 0 Å². The molecule has 2 aromatic heterocycles. The van der Waals surface area contributed by atoms with E-state index in [0.717, 1.165) is 29.9 Å². The Morgan fingerprint density at radius 3 is 1.76 bits per heavy atom. The van der Waals surface area contributed by atoms with Crippen LogP contribution in [0.2, 0.25) is 0 Å². The van der Waals surface area contributed by atoms with E-state index in [4.69, 9.17) is 0 Å². The zero-order chi connectivity index (χ0) is 57.0. The fourth-order valence-corrected chi connectivity index (χ4v) is 16.2. The van der Waals surface area contributed by atoms with Gasteiger partial charge >= 0.3 is 0 Å². The lowest BCUT2D eigenvalue weighted by molar-refractivity contribution is 0.333. The van der Waals surface area contributed by atoms with Gasteiger partial charge in [0.15, 0.2) is 0 Å². The topological polar surface area (TPSA) is 9.72 Å². The molecule has 0 spiro atoms. The molecule has 0 fully saturated rings. The summed E-state index contributed by atoms with van der Waals surface area (Å²) >= 11 is 3.90. The van der Waals surface area contributed by atoms with Crippen LogP contribution in [0.4, 0.5) is 51.2 Å². The summed E-state index contributed by atoms with van der Waals surface area (Å²) in [7, 11) is 0. The summed E-state index contributed by atoms with van der Waals surface area (Å²) in [6.45, 7) is 31.0. The van der Waals surface area contributed by atoms with E-state index in [1.165, 1.54) is 119 Å². The van der Waals surface area contributed by atoms with Gasteiger partial charge in [-0.2, -0.15) is 0 Å². The smallest absolute Gasteiger partial charge is 0.264 e. The lowest BCUT2D eigenvalue weighted by Crippen LogP contribution is -2.61. The Bertz CT molecular complexity index is 4350. The molecular weight excluding hydrogens is 1030 g/mol. The molecule has 0 N–H and O–H groups in total. The monoisotopic (exact) mass is 1100 g/mol. The Labute approximate surface area is 495 Å². The normalized spacial score (nSPS) is 15.4. The van der Waals surface area contributed by atoms with Crippen molar-refractivity contribution in [3.05, 3.63) is 216 Å². The lowest BCUT2D eigenvalue weighted by Gasteiger charge is -2.50. The quantitative estimate of drug-likeness (QED) is 0.154. The number of anilines is 9. The first-order valence-corrected chi connectivity index (χ1v) is 31.3. The summed E-state index contributed by atoms with van der Waals surface area (Å²) in [6, 6.07) is 72.7. The molecule has 3 aliphatic rings. The van der Waals surface area contributed by atoms with E-state index in [0.29, 0.717) is 0 Å². The van der Waals surface area contributed by atoms with E-state index in [1.807, 2.05) is 22.7 Å². The summed E-state index contributed by atoms with van der Waals surface area (Å²) in [5.41, 5.74) is 22.8. The number of benzene rings is 9. The molecule has 4 heterocycles. The molecule has 0 saturated heterocycles. The lowest BCUT2D eigenvalue weighted by atomic mass is 9.35. The van der Waals surface area contributed by atoms with Crippen LogP contribution in [-0.2, 0) is 27.1 Å². The largest absolute Gasteiger partial charge is 0.311 e. The van der Waals surface area contributed by atoms with E-state index < -0.39 is 0 Å². The Kier molecular flexibility index (Phi) is 11.9. The van der Waals surface area contributed by atoms with Gasteiger partial charge in [0, 0.05) is 80.4 Å². The molecule has 2 aliphatic heterocycles. The highest BCUT2D eigenvalue weighted by molar-refractivity contribution is 7.33. The van der Waals surface area contributed by atoms with Crippen molar-refractivity contribution in [3.63, 3.8) is 0 Å². The van der Waals surface area contributed by atoms with Crippen molar-refractivity contribution in [2.24, 2.45) is 0 Å². The molecule has 0 saturated carbocycles. The number of fused-ring (bicyclic) bond motifs is 11. The van der Waals surface area contributed by atoms with Crippen LogP contribution < -0.4 is 30.4 Å². The van der Waals surface area contributed by atoms with E-state index in [1.54, 1.807) is 0 Å². The molecule has 0 atom stereocenters. The summed E-state index contributed by atoms with van der Waals surface area (Å²) in [6.07, 6.45) is 2.21. The maximum atomic E-state index is 2.76. The molecule has 11 aromatic rings. The van der Waals surface area contributed by atoms with Crippen molar-refractivity contribution in [2.75, 3.05) is 14.7 Å². The van der Waals surface area contributed by atoms with Gasteiger partial charge in [-0.25, -0.2) is 0 Å². The van der Waals surface area contributed by atoms with Crippen LogP contribution in [0.3, 0.4) is 0 Å². The van der Waals surface area contributed by atoms with Gasteiger partial charge in [0.25, 0.3) is 6.71 Å². The fourth-order valence-electron chi connectivity index (χ4n) is 13.8. The number of hydrogen-bond donors (Lipinski definition) is 0. The minimum atomic E-state index is -0.109. The first kappa shape index (κ1) is 52.7. The Morgan fingerprint density at radius 2 is 1.04 bits per heavy atom. The molecule has 82 heavy (non-hydrogen) atoms. The summed E-state index contributed by atoms with van der Waals surface area (Å²) in [5.74, 6) is 0. The predicted molar refractivity (Wildman–Crippen MR) is 360 cm³/mol. The highest BCUT2D eigenvalue weighted by Crippen LogP contribution is 2.58. The Hall–Kier alpha value is -7.38. The number of thiophene rings is 2. The van der Waals surface area contributed by atoms with Gasteiger partial charge in [-0.15, -0.1) is 22.7 Å². The van der Waals surface area contributed by atoms with Crippen molar-refractivity contribution in [3.8, 4) is 11.1 Å². The SMILES string of the molecule is CC(C)(C)c1ccc(N(c2ccc3c(c2)N(c2ccc4sc5ccccc5c4c2)c2cc4c(c5c2B3c2sc3ccc(C(C)(C)C)cc3c2N5c2ccc(C(C)(C)C)cc2)C(C)(C)CCC4(C)C)c2ccccc2-c2ccccc2)cc1. The molecule has 9 aromatic carbocycles. The van der Waals surface area contributed by atoms with Crippen LogP contribution in [-0.4, -0.2) is 6.71 Å². The standard InChI is InChI=1S/C76H74BN3S2/c1-72(2,3)48-27-32-51(33-28-48)78(61-25-19-17-23-55(61)47-21-15-14-16-22-47)54-36-38-60-62(45-54)79(53-37-40-65-57(44-53)56-24-18-20-26-64(56)81-65)63-46-59-67(76(12,13)42-41-75(59,10)11)70-68(63)77(60)71-69(58-43-50(74(7,8)9)31-39-66(58)82-71)80(70)52-34-29-49(30-35-52)73(4,5)6/h14-40,43-46H,41-42H2,1-13H3. The molecule has 1 aliphatic carbocycles. The zero-order valence-corrected chi connectivity index (χ0v) is 51.7. The first-order valence-electron chi connectivity index (χ1n) is 29.7. The predicted octanol–water partition coefficient (Wildman–Crippen LogP) is 20.7. The highest BCUT2D eigenvalue weighted by atomic mass is 32.1. The van der Waals surface area contributed by atoms with Gasteiger partial charge in [-0.3, -0.25) is 0 Å². The number of para-hydroxylation sites is 1. The molecule has 0 unspecified atom stereocenters. The molecule has 408 valence electrons. The van der Waals surface area contributed by atoms with Crippen molar-refractivity contribution in [2.45, 2.75) is 130 Å². The van der Waals surface area contributed by atoms with Gasteiger partial charge in [0.2, 0.25) is 0 Å². The van der Waals surface area contributed by atoms with Crippen molar-refractivity contribution in [1.29, 1.82) is 0 Å². The summed E-state index contributed by atoms with van der Waals surface area (Å²) in [5, 5.41) is 3.94. The van der Waals surface area contributed by atoms with Crippen LogP contribution >= 0.6 is 22.7 Å². The fraction of sp³-hybridized carbons (Fsp3) is 0.263. The third-order valence-corrected chi connectivity index (χ3v) is 20.9. The van der Waals surface area contributed by atoms with E-state index in [-0.39, 0.29) is 33.8 Å². The molecule has 0 amide bonds. The maximum Gasteiger partial charge on any atom is 0.264 e. The zero-order valence-electron chi connectivity index (χ0n) is 50.0. The average Bonchev–Trinajstić information content (AvgIpc) is 1.15. The molecule has 0 radical (unpaired) electrons. The van der Waals surface area contributed by atoms with Gasteiger partial charge in [-0.05, 0) is 169 Å². The minimum absolute atomic E-state index is 0.00688. The molecule has 0 bridgehead atoms. The minimum Gasteiger partial charge on any atom is -0.311 e. The van der Waals surface area contributed by atoms with E-state index in [9.17, 15) is 0 Å². The van der Waals surface area contributed by atoms with Gasteiger partial charge in [-0.1, -0.05) is 193 Å². The number of nitrogens with zero attached hydrogens (tertiary/aromatic N) is 3. The number of rotatable bonds is 6. The maximum absolute atomic E-state index is 2.76. The second-order valence-corrected chi connectivity index (χ2v) is 30.2. The van der Waals surface area contributed by atoms with Crippen molar-refractivity contribution < 1.29 is 0 Å². The molecule has 14 rings (SSSR count). The van der Waals surface area contributed by atoms with Crippen LogP contribution in [0, 0.1) is 0 Å². The molecule has 3 nitrogen and oxygen atoms in total. The number of hydrogen-bond acceptors (Lipinski definition) is 5. The Morgan fingerprint density at radius 1 is 0.451 bits per heavy atom. The van der Waals surface area contributed by atoms with Crippen LogP contribution in [0.1, 0.15) is 131 Å². The van der Waals surface area contributed by atoms with Crippen LogP contribution in [0.25, 0.3) is 41.4 Å². The van der Waals surface area contributed by atoms with Crippen molar-refractivity contribution >= 4 is 127 Å². The summed E-state index contributed by atoms with van der Waals surface area (Å²) in [4.78, 5) is 7.98. The molecular formula is C76H74BN3S2. The Balaban J connectivity index is 1.12. The first-order chi connectivity index (χ1) is 39.0. The van der Waals surface area contributed by atoms with Crippen molar-refractivity contribution in [1.82, 2.24) is 0 Å². The average molecular weight is 1100 g/mol. The van der Waals surface area contributed by atoms with E-state index in [2.05, 4.69) is 293 Å². The van der Waals surface area contributed by atoms with E-state index >= 15 is 0 Å². The highest BCUT2D eigenvalue weighted by Gasteiger charge is 2.51. The second kappa shape index (κ2) is 18.6. The van der Waals surface area contributed by atoms with Crippen LogP contribution in [0.15, 0.2) is 188 Å². The van der Waals surface area contributed by atoms with Gasteiger partial charge in [0.05, 0.1) is 11.4 Å². The second-order valence-electron chi connectivity index (χ2n) is 28.1. The third kappa shape index (κ3) is 8.40. The van der Waals surface area contributed by atoms with Crippen LogP contribution in [0.5, 0.6) is 0 Å². The third-order valence-electron chi connectivity index (χ3n) is 18.5.